The van der Waals surface area contributed by atoms with Gasteiger partial charge in [-0.2, -0.15) is 0 Å². The molecule has 6 atom stereocenters. The zero-order valence-electron chi connectivity index (χ0n) is 15.1. The molecule has 0 aromatic heterocycles. The fraction of sp³-hybridized carbons (Fsp3) is 0.826. The maximum atomic E-state index is 2.66. The molecule has 2 saturated carbocycles. The first-order valence-corrected chi connectivity index (χ1v) is 9.89. The van der Waals surface area contributed by atoms with Gasteiger partial charge in [0.25, 0.3) is 0 Å². The van der Waals surface area contributed by atoms with Gasteiger partial charge in [-0.15, -0.1) is 0 Å². The zero-order chi connectivity index (χ0) is 15.5. The smallest absolute Gasteiger partial charge is 0.00824 e. The summed E-state index contributed by atoms with van der Waals surface area (Å²) < 4.78 is 0. The van der Waals surface area contributed by atoms with Crippen molar-refractivity contribution in [3.63, 3.8) is 0 Å². The van der Waals surface area contributed by atoms with Crippen LogP contribution < -0.4 is 0 Å². The van der Waals surface area contributed by atoms with Crippen LogP contribution in [0.5, 0.6) is 0 Å². The molecule has 4 rings (SSSR count). The summed E-state index contributed by atoms with van der Waals surface area (Å²) >= 11 is 0. The first-order chi connectivity index (χ1) is 10.5. The molecule has 0 amide bonds. The van der Waals surface area contributed by atoms with Crippen LogP contribution in [0.1, 0.15) is 86.5 Å². The lowest BCUT2D eigenvalue weighted by Crippen LogP contribution is -2.49. The van der Waals surface area contributed by atoms with E-state index < -0.39 is 0 Å². The van der Waals surface area contributed by atoms with Gasteiger partial charge in [-0.25, -0.2) is 0 Å². The summed E-state index contributed by atoms with van der Waals surface area (Å²) in [6.07, 6.45) is 16.6. The first-order valence-electron chi connectivity index (χ1n) is 9.89. The molecule has 130 valence electrons. The highest BCUT2D eigenvalue weighted by Crippen LogP contribution is 2.65. The zero-order valence-corrected chi connectivity index (χ0v) is 15.1. The van der Waals surface area contributed by atoms with E-state index in [9.17, 15) is 0 Å². The third kappa shape index (κ3) is 2.30. The van der Waals surface area contributed by atoms with Crippen LogP contribution in [0.2, 0.25) is 0 Å². The van der Waals surface area contributed by atoms with Crippen molar-refractivity contribution >= 4 is 0 Å². The molecule has 0 aliphatic heterocycles. The number of rotatable bonds is 1. The summed E-state index contributed by atoms with van der Waals surface area (Å²) in [6.45, 7) is 10.0. The van der Waals surface area contributed by atoms with E-state index in [1.165, 1.54) is 51.4 Å². The second-order valence-corrected chi connectivity index (χ2v) is 9.32. The lowest BCUT2D eigenvalue weighted by Gasteiger charge is -2.58. The Morgan fingerprint density at radius 3 is 2.52 bits per heavy atom. The Labute approximate surface area is 144 Å². The third-order valence-corrected chi connectivity index (χ3v) is 8.46. The van der Waals surface area contributed by atoms with Crippen molar-refractivity contribution in [2.24, 2.45) is 34.5 Å². The van der Waals surface area contributed by atoms with Crippen LogP contribution in [-0.4, -0.2) is 0 Å². The Kier molecular flexibility index (Phi) is 4.35. The van der Waals surface area contributed by atoms with Gasteiger partial charge in [0.1, 0.15) is 0 Å². The van der Waals surface area contributed by atoms with E-state index in [1.807, 2.05) is 5.57 Å². The molecule has 4 aliphatic carbocycles. The maximum Gasteiger partial charge on any atom is -0.00824 e. The van der Waals surface area contributed by atoms with Crippen molar-refractivity contribution in [3.8, 4) is 0 Å². The molecule has 0 spiro atoms. The average Bonchev–Trinajstić information content (AvgIpc) is 2.84. The van der Waals surface area contributed by atoms with E-state index >= 15 is 0 Å². The molecule has 4 aliphatic rings. The molecule has 0 heteroatoms. The first kappa shape index (κ1) is 17.3. The van der Waals surface area contributed by atoms with E-state index in [2.05, 4.69) is 39.8 Å². The Morgan fingerprint density at radius 1 is 1.04 bits per heavy atom. The summed E-state index contributed by atoms with van der Waals surface area (Å²) in [6, 6.07) is 0. The molecular weight excluding hydrogens is 276 g/mol. The standard InChI is InChI=1S/C22H34.CH4/c1-5-16-7-9-19-18-8-6-17-14-15(2)10-12-22(17,4)20(18)11-13-21(16,19)3;/h7,14-15,18-20H,5-6,8-13H2,1-4H3;1H4/t15?,18?,19?,20?,21-,22+;/m1./s1. The Hall–Kier alpha value is -0.520. The summed E-state index contributed by atoms with van der Waals surface area (Å²) in [7, 11) is 0. The van der Waals surface area contributed by atoms with Gasteiger partial charge in [0, 0.05) is 0 Å². The predicted molar refractivity (Wildman–Crippen MR) is 101 cm³/mol. The summed E-state index contributed by atoms with van der Waals surface area (Å²) in [5.74, 6) is 3.75. The van der Waals surface area contributed by atoms with Gasteiger partial charge in [-0.3, -0.25) is 0 Å². The van der Waals surface area contributed by atoms with Crippen molar-refractivity contribution < 1.29 is 0 Å². The van der Waals surface area contributed by atoms with Gasteiger partial charge in [-0.1, -0.05) is 58.4 Å². The van der Waals surface area contributed by atoms with E-state index in [0.29, 0.717) is 10.8 Å². The number of allylic oxidation sites excluding steroid dienone is 4. The largest absolute Gasteiger partial charge is 0.0845 e. The fourth-order valence-electron chi connectivity index (χ4n) is 7.11. The van der Waals surface area contributed by atoms with Gasteiger partial charge >= 0.3 is 0 Å². The minimum absolute atomic E-state index is 0. The minimum atomic E-state index is 0. The normalized spacial score (nSPS) is 48.3. The third-order valence-electron chi connectivity index (χ3n) is 8.46. The summed E-state index contributed by atoms with van der Waals surface area (Å²) in [4.78, 5) is 0. The van der Waals surface area contributed by atoms with Crippen molar-refractivity contribution in [2.75, 3.05) is 0 Å². The van der Waals surface area contributed by atoms with Crippen LogP contribution >= 0.6 is 0 Å². The number of fused-ring (bicyclic) bond motifs is 5. The molecule has 4 unspecified atom stereocenters. The van der Waals surface area contributed by atoms with Crippen LogP contribution in [0.25, 0.3) is 0 Å². The van der Waals surface area contributed by atoms with Gasteiger partial charge < -0.3 is 0 Å². The second kappa shape index (κ2) is 5.78. The van der Waals surface area contributed by atoms with Gasteiger partial charge in [0.05, 0.1) is 0 Å². The lowest BCUT2D eigenvalue weighted by molar-refractivity contribution is -0.0309. The van der Waals surface area contributed by atoms with Crippen molar-refractivity contribution in [1.29, 1.82) is 0 Å². The Bertz CT molecular complexity index is 524. The molecule has 0 radical (unpaired) electrons. The van der Waals surface area contributed by atoms with E-state index in [1.54, 1.807) is 5.57 Å². The van der Waals surface area contributed by atoms with Crippen LogP contribution in [0.15, 0.2) is 23.3 Å². The molecule has 0 nitrogen and oxygen atoms in total. The van der Waals surface area contributed by atoms with Crippen LogP contribution in [0.4, 0.5) is 0 Å². The summed E-state index contributed by atoms with van der Waals surface area (Å²) in [5, 5.41) is 0. The topological polar surface area (TPSA) is 0 Å². The van der Waals surface area contributed by atoms with Crippen LogP contribution in [0.3, 0.4) is 0 Å². The average molecular weight is 315 g/mol. The highest BCUT2D eigenvalue weighted by atomic mass is 14.6. The quantitative estimate of drug-likeness (QED) is 0.450. The highest BCUT2D eigenvalue weighted by Gasteiger charge is 2.56. The van der Waals surface area contributed by atoms with Crippen molar-refractivity contribution in [1.82, 2.24) is 0 Å². The van der Waals surface area contributed by atoms with E-state index in [0.717, 1.165) is 23.7 Å². The van der Waals surface area contributed by atoms with Crippen molar-refractivity contribution in [3.05, 3.63) is 23.3 Å². The molecule has 2 fully saturated rings. The molecule has 0 aromatic rings. The number of hydrogen-bond donors (Lipinski definition) is 0. The molecule has 0 bridgehead atoms. The van der Waals surface area contributed by atoms with E-state index in [-0.39, 0.29) is 7.43 Å². The molecule has 0 N–H and O–H groups in total. The molecule has 0 heterocycles. The maximum absolute atomic E-state index is 2.66. The second-order valence-electron chi connectivity index (χ2n) is 9.32. The molecule has 0 saturated heterocycles. The molecule has 23 heavy (non-hydrogen) atoms. The minimum Gasteiger partial charge on any atom is -0.0845 e. The van der Waals surface area contributed by atoms with Gasteiger partial charge in [0.2, 0.25) is 0 Å². The summed E-state index contributed by atoms with van der Waals surface area (Å²) in [5.41, 5.74) is 4.73. The van der Waals surface area contributed by atoms with E-state index in [4.69, 9.17) is 0 Å². The van der Waals surface area contributed by atoms with Crippen molar-refractivity contribution in [2.45, 2.75) is 86.5 Å². The monoisotopic (exact) mass is 314 g/mol. The van der Waals surface area contributed by atoms with Crippen LogP contribution in [0, 0.1) is 34.5 Å². The molecule has 0 aromatic carbocycles. The van der Waals surface area contributed by atoms with Gasteiger partial charge in [-0.05, 0) is 85.9 Å². The fourth-order valence-corrected chi connectivity index (χ4v) is 7.11. The molecular formula is C23H38. The number of hydrogen-bond acceptors (Lipinski definition) is 0. The van der Waals surface area contributed by atoms with Crippen LogP contribution in [-0.2, 0) is 0 Å². The lowest BCUT2D eigenvalue weighted by atomic mass is 9.46. The predicted octanol–water partition coefficient (Wildman–Crippen LogP) is 7.17. The SMILES string of the molecule is C.CCC1=CCC2C3CCC4=CC(C)CC[C@]4(C)C3CC[C@]12C. The van der Waals surface area contributed by atoms with Gasteiger partial charge in [0.15, 0.2) is 0 Å². The Balaban J connectivity index is 0.00000156. The Morgan fingerprint density at radius 2 is 1.78 bits per heavy atom. The highest BCUT2D eigenvalue weighted by molar-refractivity contribution is 5.29.